The molecular formula is C24H20F3N3O4. The molecule has 3 rings (SSSR count). The SMILES string of the molecule is C#CCNC(=O)COC(=O)CCc1nc2cc(C(F)(F)F)ccc2n(Cc2ccccc2)c1=O. The highest BCUT2D eigenvalue weighted by molar-refractivity contribution is 5.80. The molecule has 0 saturated heterocycles. The van der Waals surface area contributed by atoms with Gasteiger partial charge >= 0.3 is 12.1 Å². The quantitative estimate of drug-likeness (QED) is 0.403. The second-order valence-electron chi connectivity index (χ2n) is 7.28. The lowest BCUT2D eigenvalue weighted by atomic mass is 10.1. The number of rotatable bonds is 8. The minimum atomic E-state index is -4.58. The van der Waals surface area contributed by atoms with E-state index in [1.165, 1.54) is 10.6 Å². The largest absolute Gasteiger partial charge is 0.456 e. The van der Waals surface area contributed by atoms with Gasteiger partial charge in [0, 0.05) is 6.42 Å². The van der Waals surface area contributed by atoms with Crippen molar-refractivity contribution in [1.29, 1.82) is 0 Å². The number of carbonyl (C=O) groups excluding carboxylic acids is 2. The molecule has 0 bridgehead atoms. The number of ether oxygens (including phenoxy) is 1. The summed E-state index contributed by atoms with van der Waals surface area (Å²) in [7, 11) is 0. The molecule has 1 aromatic heterocycles. The van der Waals surface area contributed by atoms with Crippen LogP contribution < -0.4 is 10.9 Å². The molecule has 7 nitrogen and oxygen atoms in total. The van der Waals surface area contributed by atoms with Gasteiger partial charge in [0.2, 0.25) is 0 Å². The Labute approximate surface area is 192 Å². The number of amides is 1. The van der Waals surface area contributed by atoms with E-state index in [9.17, 15) is 27.6 Å². The number of fused-ring (bicyclic) bond motifs is 1. The van der Waals surface area contributed by atoms with Crippen molar-refractivity contribution in [3.8, 4) is 12.3 Å². The summed E-state index contributed by atoms with van der Waals surface area (Å²) in [6, 6.07) is 11.9. The molecule has 0 aliphatic heterocycles. The van der Waals surface area contributed by atoms with E-state index in [1.54, 1.807) is 30.3 Å². The van der Waals surface area contributed by atoms with Gasteiger partial charge in [-0.05, 0) is 23.8 Å². The van der Waals surface area contributed by atoms with Crippen LogP contribution in [0.25, 0.3) is 11.0 Å². The van der Waals surface area contributed by atoms with Crippen LogP contribution in [0.4, 0.5) is 13.2 Å². The Hall–Kier alpha value is -4.13. The van der Waals surface area contributed by atoms with Crippen LogP contribution in [0.5, 0.6) is 0 Å². The summed E-state index contributed by atoms with van der Waals surface area (Å²) < 4.78 is 45.8. The lowest BCUT2D eigenvalue weighted by Gasteiger charge is -2.14. The van der Waals surface area contributed by atoms with E-state index >= 15 is 0 Å². The summed E-state index contributed by atoms with van der Waals surface area (Å²) in [5, 5.41) is 2.33. The first-order valence-electron chi connectivity index (χ1n) is 10.2. The highest BCUT2D eigenvalue weighted by Crippen LogP contribution is 2.31. The van der Waals surface area contributed by atoms with Gasteiger partial charge in [0.05, 0.1) is 36.1 Å². The van der Waals surface area contributed by atoms with E-state index in [4.69, 9.17) is 11.2 Å². The molecule has 34 heavy (non-hydrogen) atoms. The highest BCUT2D eigenvalue weighted by atomic mass is 19.4. The molecule has 2 aromatic carbocycles. The monoisotopic (exact) mass is 471 g/mol. The number of aromatic nitrogens is 2. The van der Waals surface area contributed by atoms with Crippen molar-refractivity contribution in [3.05, 3.63) is 75.7 Å². The van der Waals surface area contributed by atoms with Crippen molar-refractivity contribution in [2.75, 3.05) is 13.2 Å². The lowest BCUT2D eigenvalue weighted by Crippen LogP contribution is -2.29. The van der Waals surface area contributed by atoms with Crippen LogP contribution in [-0.4, -0.2) is 34.6 Å². The topological polar surface area (TPSA) is 90.3 Å². The van der Waals surface area contributed by atoms with Gasteiger partial charge in [0.25, 0.3) is 11.5 Å². The zero-order chi connectivity index (χ0) is 24.7. The van der Waals surface area contributed by atoms with Gasteiger partial charge in [0.15, 0.2) is 6.61 Å². The molecule has 0 aliphatic carbocycles. The van der Waals surface area contributed by atoms with E-state index in [1.807, 2.05) is 0 Å². The van der Waals surface area contributed by atoms with Crippen molar-refractivity contribution in [3.63, 3.8) is 0 Å². The smallest absolute Gasteiger partial charge is 0.416 e. The summed E-state index contributed by atoms with van der Waals surface area (Å²) in [6.07, 6.45) is -0.0313. The molecule has 0 fully saturated rings. The maximum atomic E-state index is 13.2. The molecule has 176 valence electrons. The Morgan fingerprint density at radius 3 is 2.56 bits per heavy atom. The summed E-state index contributed by atoms with van der Waals surface area (Å²) in [4.78, 5) is 40.7. The second kappa shape index (κ2) is 10.7. The number of terminal acetylenes is 1. The van der Waals surface area contributed by atoms with Crippen molar-refractivity contribution in [2.24, 2.45) is 0 Å². The van der Waals surface area contributed by atoms with E-state index in [-0.39, 0.29) is 42.7 Å². The fourth-order valence-electron chi connectivity index (χ4n) is 3.20. The van der Waals surface area contributed by atoms with Crippen molar-refractivity contribution in [2.45, 2.75) is 25.6 Å². The van der Waals surface area contributed by atoms with Gasteiger partial charge in [-0.25, -0.2) is 4.98 Å². The van der Waals surface area contributed by atoms with Crippen molar-refractivity contribution >= 4 is 22.9 Å². The Balaban J connectivity index is 1.88. The molecule has 0 atom stereocenters. The van der Waals surface area contributed by atoms with Crippen LogP contribution in [0.2, 0.25) is 0 Å². The summed E-state index contributed by atoms with van der Waals surface area (Å²) in [5.41, 5.74) is -0.547. The minimum absolute atomic E-state index is 0.0156. The number of alkyl halides is 3. The molecule has 0 aliphatic rings. The average Bonchev–Trinajstić information content (AvgIpc) is 2.81. The van der Waals surface area contributed by atoms with Gasteiger partial charge < -0.3 is 14.6 Å². The highest BCUT2D eigenvalue weighted by Gasteiger charge is 2.31. The molecule has 1 heterocycles. The number of benzene rings is 2. The molecular weight excluding hydrogens is 451 g/mol. The van der Waals surface area contributed by atoms with Gasteiger partial charge in [-0.2, -0.15) is 13.2 Å². The van der Waals surface area contributed by atoms with Crippen LogP contribution in [0.15, 0.2) is 53.3 Å². The van der Waals surface area contributed by atoms with Crippen LogP contribution in [0.3, 0.4) is 0 Å². The summed E-state index contributed by atoms with van der Waals surface area (Å²) >= 11 is 0. The Bertz CT molecular complexity index is 1300. The standard InChI is InChI=1S/C24H20F3N3O4/c1-2-12-28-21(31)15-34-22(32)11-9-18-23(33)30(14-16-6-4-3-5-7-16)20-10-8-17(24(25,26)27)13-19(20)29-18/h1,3-8,10,13H,9,11-12,14-15H2,(H,28,31). The maximum absolute atomic E-state index is 13.2. The first-order valence-corrected chi connectivity index (χ1v) is 10.2. The van der Waals surface area contributed by atoms with Crippen molar-refractivity contribution < 1.29 is 27.5 Å². The van der Waals surface area contributed by atoms with Crippen molar-refractivity contribution in [1.82, 2.24) is 14.9 Å². The van der Waals surface area contributed by atoms with Gasteiger partial charge in [-0.1, -0.05) is 36.3 Å². The number of esters is 1. The maximum Gasteiger partial charge on any atom is 0.416 e. The van der Waals surface area contributed by atoms with Gasteiger partial charge in [-0.15, -0.1) is 6.42 Å². The molecule has 0 saturated carbocycles. The zero-order valence-corrected chi connectivity index (χ0v) is 17.9. The summed E-state index contributed by atoms with van der Waals surface area (Å²) in [6.45, 7) is -0.450. The van der Waals surface area contributed by atoms with E-state index in [0.717, 1.165) is 17.7 Å². The second-order valence-corrected chi connectivity index (χ2v) is 7.28. The molecule has 0 unspecified atom stereocenters. The van der Waals surface area contributed by atoms with Gasteiger partial charge in [-0.3, -0.25) is 14.4 Å². The fourth-order valence-corrected chi connectivity index (χ4v) is 3.20. The normalized spacial score (nSPS) is 11.1. The van der Waals surface area contributed by atoms with Crippen LogP contribution in [0, 0.1) is 12.3 Å². The molecule has 0 radical (unpaired) electrons. The first kappa shape index (κ1) is 24.5. The van der Waals surface area contributed by atoms with Crippen LogP contribution in [0.1, 0.15) is 23.2 Å². The van der Waals surface area contributed by atoms with E-state index < -0.39 is 35.8 Å². The number of hydrogen-bond acceptors (Lipinski definition) is 5. The van der Waals surface area contributed by atoms with E-state index in [2.05, 4.69) is 16.2 Å². The number of hydrogen-bond donors (Lipinski definition) is 1. The number of halogens is 3. The molecule has 3 aromatic rings. The Morgan fingerprint density at radius 1 is 1.15 bits per heavy atom. The average molecular weight is 471 g/mol. The van der Waals surface area contributed by atoms with Gasteiger partial charge in [0.1, 0.15) is 5.69 Å². The first-order chi connectivity index (χ1) is 16.2. The summed E-state index contributed by atoms with van der Waals surface area (Å²) in [5.74, 6) is 0.850. The minimum Gasteiger partial charge on any atom is -0.456 e. The predicted molar refractivity (Wildman–Crippen MR) is 118 cm³/mol. The third-order valence-corrected chi connectivity index (χ3v) is 4.84. The molecule has 1 N–H and O–H groups in total. The third-order valence-electron chi connectivity index (χ3n) is 4.84. The molecule has 0 spiro atoms. The zero-order valence-electron chi connectivity index (χ0n) is 17.9. The van der Waals surface area contributed by atoms with E-state index in [0.29, 0.717) is 0 Å². The van der Waals surface area contributed by atoms with Crippen LogP contribution in [-0.2, 0) is 33.5 Å². The third kappa shape index (κ3) is 6.22. The molecule has 1 amide bonds. The number of nitrogens with zero attached hydrogens (tertiary/aromatic N) is 2. The number of aryl methyl sites for hydroxylation is 1. The Kier molecular flexibility index (Phi) is 7.68. The fraction of sp³-hybridized carbons (Fsp3) is 0.250. The Morgan fingerprint density at radius 2 is 1.88 bits per heavy atom. The lowest BCUT2D eigenvalue weighted by molar-refractivity contribution is -0.148. The molecule has 10 heteroatoms. The number of carbonyl (C=O) groups is 2. The van der Waals surface area contributed by atoms with Crippen LogP contribution >= 0.6 is 0 Å². The predicted octanol–water partition coefficient (Wildman–Crippen LogP) is 2.69. The number of nitrogens with one attached hydrogen (secondary N) is 1.